The van der Waals surface area contributed by atoms with E-state index in [-0.39, 0.29) is 0 Å². The van der Waals surface area contributed by atoms with E-state index in [2.05, 4.69) is 14.9 Å². The maximum Gasteiger partial charge on any atom is 0.0951 e. The number of rotatable bonds is 4. The SMILES string of the molecule is c1ncn(C2CC2)c1CNC1CCCOC1. The van der Waals surface area contributed by atoms with E-state index in [0.29, 0.717) is 6.04 Å². The highest BCUT2D eigenvalue weighted by Crippen LogP contribution is 2.35. The van der Waals surface area contributed by atoms with Gasteiger partial charge in [0.15, 0.2) is 0 Å². The number of aromatic nitrogens is 2. The van der Waals surface area contributed by atoms with Crippen LogP contribution in [-0.2, 0) is 11.3 Å². The third-order valence-corrected chi connectivity index (χ3v) is 3.42. The molecule has 0 radical (unpaired) electrons. The van der Waals surface area contributed by atoms with E-state index in [4.69, 9.17) is 4.74 Å². The van der Waals surface area contributed by atoms with Gasteiger partial charge in [0, 0.05) is 31.4 Å². The van der Waals surface area contributed by atoms with Crippen LogP contribution in [0.3, 0.4) is 0 Å². The van der Waals surface area contributed by atoms with Gasteiger partial charge in [-0.05, 0) is 25.7 Å². The van der Waals surface area contributed by atoms with Crippen LogP contribution in [0.5, 0.6) is 0 Å². The predicted octanol–water partition coefficient (Wildman–Crippen LogP) is 1.49. The summed E-state index contributed by atoms with van der Waals surface area (Å²) in [4.78, 5) is 4.24. The van der Waals surface area contributed by atoms with Crippen molar-refractivity contribution < 1.29 is 4.74 Å². The van der Waals surface area contributed by atoms with Crippen LogP contribution in [0, 0.1) is 0 Å². The van der Waals surface area contributed by atoms with Gasteiger partial charge in [-0.3, -0.25) is 0 Å². The maximum absolute atomic E-state index is 5.46. The van der Waals surface area contributed by atoms with E-state index in [1.807, 2.05) is 12.5 Å². The second-order valence-electron chi connectivity index (χ2n) is 4.82. The minimum absolute atomic E-state index is 0.524. The van der Waals surface area contributed by atoms with E-state index in [1.165, 1.54) is 31.4 Å². The van der Waals surface area contributed by atoms with Crippen molar-refractivity contribution in [2.75, 3.05) is 13.2 Å². The predicted molar refractivity (Wildman–Crippen MR) is 61.2 cm³/mol. The fraction of sp³-hybridized carbons (Fsp3) is 0.750. The van der Waals surface area contributed by atoms with Crippen LogP contribution in [0.15, 0.2) is 12.5 Å². The number of nitrogens with one attached hydrogen (secondary N) is 1. The van der Waals surface area contributed by atoms with E-state index >= 15 is 0 Å². The molecule has 2 fully saturated rings. The lowest BCUT2D eigenvalue weighted by atomic mass is 10.1. The standard InChI is InChI=1S/C12H19N3O/c1-2-10(8-16-5-1)14-7-12-6-13-9-15(12)11-3-4-11/h6,9-11,14H,1-5,7-8H2. The molecule has 1 aromatic heterocycles. The number of nitrogens with zero attached hydrogens (tertiary/aromatic N) is 2. The molecule has 2 aliphatic rings. The fourth-order valence-corrected chi connectivity index (χ4v) is 2.30. The molecule has 1 atom stereocenters. The first-order valence-corrected chi connectivity index (χ1v) is 6.25. The molecule has 1 N–H and O–H groups in total. The Hall–Kier alpha value is -0.870. The molecule has 3 rings (SSSR count). The largest absolute Gasteiger partial charge is 0.380 e. The highest BCUT2D eigenvalue weighted by molar-refractivity contribution is 5.03. The van der Waals surface area contributed by atoms with Gasteiger partial charge in [0.2, 0.25) is 0 Å². The third-order valence-electron chi connectivity index (χ3n) is 3.42. The molecule has 1 saturated heterocycles. The summed E-state index contributed by atoms with van der Waals surface area (Å²) in [5, 5.41) is 3.56. The van der Waals surface area contributed by atoms with Crippen molar-refractivity contribution in [1.82, 2.24) is 14.9 Å². The monoisotopic (exact) mass is 221 g/mol. The zero-order valence-corrected chi connectivity index (χ0v) is 9.56. The van der Waals surface area contributed by atoms with Crippen LogP contribution in [0.2, 0.25) is 0 Å². The second-order valence-corrected chi connectivity index (χ2v) is 4.82. The third kappa shape index (κ3) is 2.28. The van der Waals surface area contributed by atoms with Crippen LogP contribution < -0.4 is 5.32 Å². The zero-order chi connectivity index (χ0) is 10.8. The Morgan fingerprint density at radius 2 is 2.38 bits per heavy atom. The molecule has 1 saturated carbocycles. The molecule has 1 unspecified atom stereocenters. The van der Waals surface area contributed by atoms with Crippen molar-refractivity contribution in [3.63, 3.8) is 0 Å². The summed E-state index contributed by atoms with van der Waals surface area (Å²) >= 11 is 0. The molecule has 1 aliphatic heterocycles. The molecule has 1 aliphatic carbocycles. The lowest BCUT2D eigenvalue weighted by Crippen LogP contribution is -2.36. The van der Waals surface area contributed by atoms with Gasteiger partial charge in [-0.25, -0.2) is 4.98 Å². The number of hydrogen-bond donors (Lipinski definition) is 1. The van der Waals surface area contributed by atoms with Crippen molar-refractivity contribution >= 4 is 0 Å². The van der Waals surface area contributed by atoms with Gasteiger partial charge in [0.1, 0.15) is 0 Å². The molecule has 16 heavy (non-hydrogen) atoms. The summed E-state index contributed by atoms with van der Waals surface area (Å²) in [6.45, 7) is 2.71. The lowest BCUT2D eigenvalue weighted by molar-refractivity contribution is 0.0697. The Balaban J connectivity index is 1.54. The first kappa shape index (κ1) is 10.3. The summed E-state index contributed by atoms with van der Waals surface area (Å²) in [6.07, 6.45) is 8.99. The Kier molecular flexibility index (Phi) is 2.93. The normalized spacial score (nSPS) is 25.9. The number of hydrogen-bond acceptors (Lipinski definition) is 3. The summed E-state index contributed by atoms with van der Waals surface area (Å²) in [5.41, 5.74) is 1.31. The highest BCUT2D eigenvalue weighted by atomic mass is 16.5. The number of ether oxygens (including phenoxy) is 1. The maximum atomic E-state index is 5.46. The first-order valence-electron chi connectivity index (χ1n) is 6.25. The molecule has 0 amide bonds. The Labute approximate surface area is 96.0 Å². The van der Waals surface area contributed by atoms with E-state index in [9.17, 15) is 0 Å². The summed E-state index contributed by atoms with van der Waals surface area (Å²) in [6, 6.07) is 1.25. The van der Waals surface area contributed by atoms with Crippen molar-refractivity contribution in [2.24, 2.45) is 0 Å². The van der Waals surface area contributed by atoms with E-state index in [0.717, 1.165) is 25.8 Å². The van der Waals surface area contributed by atoms with Crippen LogP contribution >= 0.6 is 0 Å². The quantitative estimate of drug-likeness (QED) is 0.837. The topological polar surface area (TPSA) is 39.1 Å². The molecular formula is C12H19N3O. The van der Waals surface area contributed by atoms with E-state index < -0.39 is 0 Å². The van der Waals surface area contributed by atoms with Gasteiger partial charge in [-0.2, -0.15) is 0 Å². The first-order chi connectivity index (χ1) is 7.93. The average molecular weight is 221 g/mol. The van der Waals surface area contributed by atoms with Gasteiger partial charge in [0.05, 0.1) is 18.6 Å². The van der Waals surface area contributed by atoms with Gasteiger partial charge < -0.3 is 14.6 Å². The second kappa shape index (κ2) is 4.55. The molecule has 1 aromatic rings. The Bertz CT molecular complexity index is 340. The average Bonchev–Trinajstić information content (AvgIpc) is 3.07. The minimum Gasteiger partial charge on any atom is -0.380 e. The van der Waals surface area contributed by atoms with Gasteiger partial charge >= 0.3 is 0 Å². The molecule has 2 heterocycles. The van der Waals surface area contributed by atoms with Crippen LogP contribution in [0.4, 0.5) is 0 Å². The van der Waals surface area contributed by atoms with Crippen molar-refractivity contribution in [1.29, 1.82) is 0 Å². The van der Waals surface area contributed by atoms with E-state index in [1.54, 1.807) is 0 Å². The molecule has 4 nitrogen and oxygen atoms in total. The smallest absolute Gasteiger partial charge is 0.0951 e. The van der Waals surface area contributed by atoms with Crippen LogP contribution in [0.1, 0.15) is 37.4 Å². The summed E-state index contributed by atoms with van der Waals surface area (Å²) < 4.78 is 7.77. The van der Waals surface area contributed by atoms with Crippen molar-refractivity contribution in [2.45, 2.75) is 44.3 Å². The van der Waals surface area contributed by atoms with Crippen LogP contribution in [0.25, 0.3) is 0 Å². The zero-order valence-electron chi connectivity index (χ0n) is 9.56. The lowest BCUT2D eigenvalue weighted by Gasteiger charge is -2.23. The number of imidazole rings is 1. The fourth-order valence-electron chi connectivity index (χ4n) is 2.30. The highest BCUT2D eigenvalue weighted by Gasteiger charge is 2.25. The Morgan fingerprint density at radius 1 is 1.44 bits per heavy atom. The molecule has 4 heteroatoms. The molecule has 88 valence electrons. The summed E-state index contributed by atoms with van der Waals surface area (Å²) in [5.74, 6) is 0. The Morgan fingerprint density at radius 3 is 3.12 bits per heavy atom. The van der Waals surface area contributed by atoms with Gasteiger partial charge in [-0.1, -0.05) is 0 Å². The molecule has 0 aromatic carbocycles. The molecule has 0 bridgehead atoms. The summed E-state index contributed by atoms with van der Waals surface area (Å²) in [7, 11) is 0. The molecule has 0 spiro atoms. The minimum atomic E-state index is 0.524. The van der Waals surface area contributed by atoms with Gasteiger partial charge in [-0.15, -0.1) is 0 Å². The van der Waals surface area contributed by atoms with Crippen molar-refractivity contribution in [3.05, 3.63) is 18.2 Å². The van der Waals surface area contributed by atoms with Gasteiger partial charge in [0.25, 0.3) is 0 Å². The van der Waals surface area contributed by atoms with Crippen molar-refractivity contribution in [3.8, 4) is 0 Å². The van der Waals surface area contributed by atoms with Crippen LogP contribution in [-0.4, -0.2) is 28.8 Å². The molecular weight excluding hydrogens is 202 g/mol.